The molecule has 0 fully saturated rings. The minimum atomic E-state index is -0.0994. The molecule has 0 radical (unpaired) electrons. The third-order valence-corrected chi connectivity index (χ3v) is 2.82. The predicted molar refractivity (Wildman–Crippen MR) is 82.9 cm³/mol. The average Bonchev–Trinajstić information content (AvgIpc) is 2.39. The van der Waals surface area contributed by atoms with E-state index >= 15 is 0 Å². The first-order chi connectivity index (χ1) is 9.52. The molecule has 0 aromatic heterocycles. The van der Waals surface area contributed by atoms with Crippen molar-refractivity contribution in [1.29, 1.82) is 0 Å². The number of ether oxygens (including phenoxy) is 2. The van der Waals surface area contributed by atoms with E-state index in [9.17, 15) is 4.79 Å². The van der Waals surface area contributed by atoms with Gasteiger partial charge in [0, 0.05) is 18.4 Å². The Morgan fingerprint density at radius 3 is 2.60 bits per heavy atom. The highest BCUT2D eigenvalue weighted by Gasteiger charge is 2.06. The second kappa shape index (κ2) is 8.63. The number of amides is 1. The molecule has 1 amide bonds. The van der Waals surface area contributed by atoms with Crippen molar-refractivity contribution < 1.29 is 14.3 Å². The normalized spacial score (nSPS) is 11.9. The van der Waals surface area contributed by atoms with E-state index in [2.05, 4.69) is 5.32 Å². The van der Waals surface area contributed by atoms with Gasteiger partial charge in [0.25, 0.3) is 0 Å². The van der Waals surface area contributed by atoms with Crippen LogP contribution < -0.4 is 11.1 Å². The molecular formula is C14H20N2O3S. The van der Waals surface area contributed by atoms with Crippen LogP contribution in [0, 0.1) is 0 Å². The Labute approximate surface area is 124 Å². The van der Waals surface area contributed by atoms with Gasteiger partial charge in [0.1, 0.15) is 4.99 Å². The largest absolute Gasteiger partial charge is 0.389 e. The van der Waals surface area contributed by atoms with E-state index in [4.69, 9.17) is 27.4 Å². The first kappa shape index (κ1) is 16.6. The maximum absolute atomic E-state index is 11.7. The molecule has 0 saturated carbocycles. The van der Waals surface area contributed by atoms with Crippen molar-refractivity contribution in [2.24, 2.45) is 5.73 Å². The second-order valence-electron chi connectivity index (χ2n) is 4.38. The molecule has 0 heterocycles. The summed E-state index contributed by atoms with van der Waals surface area (Å²) in [4.78, 5) is 12.0. The van der Waals surface area contributed by atoms with Gasteiger partial charge in [0.15, 0.2) is 0 Å². The van der Waals surface area contributed by atoms with Crippen LogP contribution in [-0.2, 0) is 14.3 Å². The highest BCUT2D eigenvalue weighted by molar-refractivity contribution is 7.80. The number of hydrogen-bond acceptors (Lipinski definition) is 4. The van der Waals surface area contributed by atoms with E-state index in [-0.39, 0.29) is 12.0 Å². The van der Waals surface area contributed by atoms with E-state index < -0.39 is 0 Å². The summed E-state index contributed by atoms with van der Waals surface area (Å²) in [7, 11) is 1.61. The van der Waals surface area contributed by atoms with Crippen molar-refractivity contribution in [3.05, 3.63) is 29.8 Å². The second-order valence-corrected chi connectivity index (χ2v) is 4.82. The number of thiocarbonyl (C=S) groups is 1. The number of nitrogens with one attached hydrogen (secondary N) is 1. The van der Waals surface area contributed by atoms with Crippen LogP contribution in [0.3, 0.4) is 0 Å². The molecule has 3 N–H and O–H groups in total. The molecule has 5 nitrogen and oxygen atoms in total. The van der Waals surface area contributed by atoms with Crippen molar-refractivity contribution in [2.75, 3.05) is 25.6 Å². The molecule has 1 rings (SSSR count). The highest BCUT2D eigenvalue weighted by atomic mass is 32.1. The van der Waals surface area contributed by atoms with Gasteiger partial charge >= 0.3 is 0 Å². The van der Waals surface area contributed by atoms with E-state index in [1.54, 1.807) is 31.4 Å². The zero-order chi connectivity index (χ0) is 15.0. The Hall–Kier alpha value is -1.50. The van der Waals surface area contributed by atoms with Gasteiger partial charge in [0.2, 0.25) is 5.91 Å². The van der Waals surface area contributed by atoms with E-state index in [1.807, 2.05) is 6.92 Å². The fourth-order valence-corrected chi connectivity index (χ4v) is 1.71. The lowest BCUT2D eigenvalue weighted by molar-refractivity contribution is -0.117. The van der Waals surface area contributed by atoms with Crippen LogP contribution in [0.1, 0.15) is 18.9 Å². The van der Waals surface area contributed by atoms with Crippen LogP contribution in [0.5, 0.6) is 0 Å². The lowest BCUT2D eigenvalue weighted by Crippen LogP contribution is -2.19. The first-order valence-electron chi connectivity index (χ1n) is 6.33. The Morgan fingerprint density at radius 1 is 1.40 bits per heavy atom. The first-order valence-corrected chi connectivity index (χ1v) is 6.74. The summed E-state index contributed by atoms with van der Waals surface area (Å²) in [6.45, 7) is 2.78. The number of methoxy groups -OCH3 is 1. The number of anilines is 1. The van der Waals surface area contributed by atoms with Gasteiger partial charge in [-0.15, -0.1) is 0 Å². The van der Waals surface area contributed by atoms with Crippen molar-refractivity contribution in [3.8, 4) is 0 Å². The van der Waals surface area contributed by atoms with Crippen LogP contribution >= 0.6 is 12.2 Å². The van der Waals surface area contributed by atoms with Gasteiger partial charge in [-0.05, 0) is 31.2 Å². The molecule has 0 aliphatic heterocycles. The molecule has 1 unspecified atom stereocenters. The molecule has 0 spiro atoms. The molecule has 1 aromatic carbocycles. The molecule has 110 valence electrons. The van der Waals surface area contributed by atoms with Crippen LogP contribution in [0.2, 0.25) is 0 Å². The fraction of sp³-hybridized carbons (Fsp3) is 0.429. The Kier molecular flexibility index (Phi) is 7.14. The number of rotatable bonds is 8. The van der Waals surface area contributed by atoms with Gasteiger partial charge in [-0.1, -0.05) is 12.2 Å². The quantitative estimate of drug-likeness (QED) is 0.714. The molecule has 1 aromatic rings. The molecule has 6 heteroatoms. The number of nitrogens with two attached hydrogens (primary N) is 1. The van der Waals surface area contributed by atoms with E-state index in [0.717, 1.165) is 5.56 Å². The Morgan fingerprint density at radius 2 is 2.05 bits per heavy atom. The topological polar surface area (TPSA) is 73.6 Å². The number of carbonyl (C=O) groups is 1. The van der Waals surface area contributed by atoms with E-state index in [0.29, 0.717) is 30.3 Å². The molecule has 20 heavy (non-hydrogen) atoms. The van der Waals surface area contributed by atoms with Gasteiger partial charge in [-0.25, -0.2) is 0 Å². The summed E-state index contributed by atoms with van der Waals surface area (Å²) in [5.41, 5.74) is 6.98. The summed E-state index contributed by atoms with van der Waals surface area (Å²) in [5.74, 6) is -0.0994. The van der Waals surface area contributed by atoms with Crippen LogP contribution in [0.4, 0.5) is 5.69 Å². The van der Waals surface area contributed by atoms with Crippen molar-refractivity contribution in [2.45, 2.75) is 19.4 Å². The van der Waals surface area contributed by atoms with Gasteiger partial charge < -0.3 is 20.5 Å². The number of carbonyl (C=O) groups excluding carboxylic acids is 1. The van der Waals surface area contributed by atoms with E-state index in [1.165, 1.54) is 0 Å². The standard InChI is InChI=1S/C14H20N2O3S/c1-10(9-18-2)19-8-7-13(17)16-12-5-3-11(4-6-12)14(15)20/h3-6,10H,7-9H2,1-2H3,(H2,15,20)(H,16,17). The van der Waals surface area contributed by atoms with Gasteiger partial charge in [-0.2, -0.15) is 0 Å². The summed E-state index contributed by atoms with van der Waals surface area (Å²) in [6, 6.07) is 7.08. The van der Waals surface area contributed by atoms with Gasteiger partial charge in [0.05, 0.1) is 25.7 Å². The summed E-state index contributed by atoms with van der Waals surface area (Å²) in [5, 5.41) is 2.78. The maximum atomic E-state index is 11.7. The van der Waals surface area contributed by atoms with Crippen molar-refractivity contribution in [3.63, 3.8) is 0 Å². The molecule has 0 bridgehead atoms. The van der Waals surface area contributed by atoms with Crippen molar-refractivity contribution in [1.82, 2.24) is 0 Å². The fourth-order valence-electron chi connectivity index (χ4n) is 1.58. The smallest absolute Gasteiger partial charge is 0.226 e. The van der Waals surface area contributed by atoms with Gasteiger partial charge in [-0.3, -0.25) is 4.79 Å². The maximum Gasteiger partial charge on any atom is 0.226 e. The summed E-state index contributed by atoms with van der Waals surface area (Å²) in [6.07, 6.45) is 0.281. The van der Waals surface area contributed by atoms with Crippen molar-refractivity contribution >= 4 is 28.8 Å². The molecule has 0 aliphatic carbocycles. The highest BCUT2D eigenvalue weighted by Crippen LogP contribution is 2.10. The zero-order valence-corrected chi connectivity index (χ0v) is 12.5. The lowest BCUT2D eigenvalue weighted by Gasteiger charge is -2.11. The molecular weight excluding hydrogens is 276 g/mol. The number of hydrogen-bond donors (Lipinski definition) is 2. The van der Waals surface area contributed by atoms with Crippen LogP contribution in [0.25, 0.3) is 0 Å². The monoisotopic (exact) mass is 296 g/mol. The lowest BCUT2D eigenvalue weighted by atomic mass is 10.2. The average molecular weight is 296 g/mol. The summed E-state index contributed by atoms with van der Waals surface area (Å²) >= 11 is 4.86. The zero-order valence-electron chi connectivity index (χ0n) is 11.7. The minimum Gasteiger partial charge on any atom is -0.389 e. The molecule has 0 saturated heterocycles. The Bertz CT molecular complexity index is 448. The molecule has 0 aliphatic rings. The van der Waals surface area contributed by atoms with Crippen LogP contribution in [-0.4, -0.2) is 37.3 Å². The van der Waals surface area contributed by atoms with Crippen LogP contribution in [0.15, 0.2) is 24.3 Å². The minimum absolute atomic E-state index is 0.0161. The third-order valence-electron chi connectivity index (χ3n) is 2.59. The number of benzene rings is 1. The Balaban J connectivity index is 2.33. The molecule has 1 atom stereocenters. The summed E-state index contributed by atoms with van der Waals surface area (Å²) < 4.78 is 10.4. The SMILES string of the molecule is COCC(C)OCCC(=O)Nc1ccc(C(N)=S)cc1. The third kappa shape index (κ3) is 6.10. The predicted octanol–water partition coefficient (Wildman–Crippen LogP) is 1.70.